The van der Waals surface area contributed by atoms with Gasteiger partial charge in [0.1, 0.15) is 11.6 Å². The van der Waals surface area contributed by atoms with Crippen molar-refractivity contribution in [3.05, 3.63) is 47.1 Å². The van der Waals surface area contributed by atoms with Gasteiger partial charge in [0, 0.05) is 11.8 Å². The van der Waals surface area contributed by atoms with Gasteiger partial charge in [-0.2, -0.15) is 0 Å². The molecule has 0 spiro atoms. The van der Waals surface area contributed by atoms with E-state index in [0.717, 1.165) is 5.69 Å². The zero-order valence-electron chi connectivity index (χ0n) is 10.1. The zero-order valence-corrected chi connectivity index (χ0v) is 10.8. The van der Waals surface area contributed by atoms with Crippen molar-refractivity contribution in [3.63, 3.8) is 0 Å². The summed E-state index contributed by atoms with van der Waals surface area (Å²) in [6.07, 6.45) is 0. The Balaban J connectivity index is 2.28. The molecular weight excluding hydrogens is 268 g/mol. The normalized spacial score (nSPS) is 10.0. The van der Waals surface area contributed by atoms with E-state index < -0.39 is 5.97 Å². The van der Waals surface area contributed by atoms with E-state index in [2.05, 4.69) is 10.3 Å². The number of aromatic carboxylic acids is 1. The Kier molecular flexibility index (Phi) is 3.87. The summed E-state index contributed by atoms with van der Waals surface area (Å²) in [5, 5.41) is 12.0. The van der Waals surface area contributed by atoms with Gasteiger partial charge < -0.3 is 15.2 Å². The fourth-order valence-electron chi connectivity index (χ4n) is 1.51. The van der Waals surface area contributed by atoms with Crippen LogP contribution in [0.5, 0.6) is 5.75 Å². The molecular formula is C13H11ClN2O3. The monoisotopic (exact) mass is 278 g/mol. The molecule has 0 aliphatic rings. The van der Waals surface area contributed by atoms with E-state index in [1.807, 2.05) is 18.2 Å². The molecule has 0 unspecified atom stereocenters. The molecule has 2 aromatic rings. The number of methoxy groups -OCH3 is 1. The molecule has 1 heterocycles. The Morgan fingerprint density at radius 2 is 2.16 bits per heavy atom. The molecule has 6 heteroatoms. The number of nitrogens with one attached hydrogen (secondary N) is 1. The lowest BCUT2D eigenvalue weighted by Gasteiger charge is -2.08. The minimum absolute atomic E-state index is 0.101. The summed E-state index contributed by atoms with van der Waals surface area (Å²) in [5.74, 6) is -0.0771. The van der Waals surface area contributed by atoms with Crippen LogP contribution in [0.25, 0.3) is 0 Å². The predicted molar refractivity (Wildman–Crippen MR) is 72.5 cm³/mol. The SMILES string of the molecule is COc1cccc(Nc2ccc(Cl)c(C(=O)O)n2)c1. The summed E-state index contributed by atoms with van der Waals surface area (Å²) < 4.78 is 5.10. The zero-order chi connectivity index (χ0) is 13.8. The van der Waals surface area contributed by atoms with Gasteiger partial charge in [0.2, 0.25) is 0 Å². The molecule has 0 fully saturated rings. The van der Waals surface area contributed by atoms with Gasteiger partial charge in [0.15, 0.2) is 5.69 Å². The number of carboxylic acids is 1. The summed E-state index contributed by atoms with van der Waals surface area (Å²) in [5.41, 5.74) is 0.556. The number of nitrogens with zero attached hydrogens (tertiary/aromatic N) is 1. The number of benzene rings is 1. The van der Waals surface area contributed by atoms with Crippen LogP contribution in [-0.4, -0.2) is 23.2 Å². The van der Waals surface area contributed by atoms with Crippen LogP contribution in [0.4, 0.5) is 11.5 Å². The number of ether oxygens (including phenoxy) is 1. The molecule has 0 aliphatic heterocycles. The third kappa shape index (κ3) is 3.14. The number of pyridine rings is 1. The van der Waals surface area contributed by atoms with E-state index >= 15 is 0 Å². The first kappa shape index (κ1) is 13.2. The van der Waals surface area contributed by atoms with E-state index in [9.17, 15) is 4.79 Å². The molecule has 2 rings (SSSR count). The average Bonchev–Trinajstić information content (AvgIpc) is 2.41. The number of carboxylic acid groups (broad SMARTS) is 1. The molecule has 0 saturated carbocycles. The highest BCUT2D eigenvalue weighted by Crippen LogP contribution is 2.22. The van der Waals surface area contributed by atoms with Crippen molar-refractivity contribution >= 4 is 29.1 Å². The van der Waals surface area contributed by atoms with Crippen molar-refractivity contribution in [3.8, 4) is 5.75 Å². The molecule has 5 nitrogen and oxygen atoms in total. The number of hydrogen-bond acceptors (Lipinski definition) is 4. The van der Waals surface area contributed by atoms with Gasteiger partial charge in [0.25, 0.3) is 0 Å². The third-order valence-electron chi connectivity index (χ3n) is 2.39. The highest BCUT2D eigenvalue weighted by molar-refractivity contribution is 6.33. The second-order valence-electron chi connectivity index (χ2n) is 3.69. The van der Waals surface area contributed by atoms with Gasteiger partial charge in [0.05, 0.1) is 12.1 Å². The molecule has 98 valence electrons. The first-order valence-corrected chi connectivity index (χ1v) is 5.79. The molecule has 1 aromatic carbocycles. The molecule has 0 atom stereocenters. The molecule has 19 heavy (non-hydrogen) atoms. The summed E-state index contributed by atoms with van der Waals surface area (Å²) in [4.78, 5) is 14.9. The smallest absolute Gasteiger partial charge is 0.356 e. The van der Waals surface area contributed by atoms with Crippen molar-refractivity contribution in [2.24, 2.45) is 0 Å². The maximum atomic E-state index is 10.9. The Morgan fingerprint density at radius 3 is 2.84 bits per heavy atom. The van der Waals surface area contributed by atoms with Crippen LogP contribution in [0.3, 0.4) is 0 Å². The van der Waals surface area contributed by atoms with Crippen LogP contribution in [0.1, 0.15) is 10.5 Å². The topological polar surface area (TPSA) is 71.5 Å². The summed E-state index contributed by atoms with van der Waals surface area (Å²) in [6.45, 7) is 0. The third-order valence-corrected chi connectivity index (χ3v) is 2.70. The van der Waals surface area contributed by atoms with E-state index in [4.69, 9.17) is 21.4 Å². The second kappa shape index (κ2) is 5.58. The van der Waals surface area contributed by atoms with E-state index in [-0.39, 0.29) is 10.7 Å². The van der Waals surface area contributed by atoms with Gasteiger partial charge in [-0.3, -0.25) is 0 Å². The van der Waals surface area contributed by atoms with E-state index in [1.54, 1.807) is 19.2 Å². The van der Waals surface area contributed by atoms with Crippen LogP contribution in [0, 0.1) is 0 Å². The van der Waals surface area contributed by atoms with Crippen LogP contribution in [-0.2, 0) is 0 Å². The number of hydrogen-bond donors (Lipinski definition) is 2. The number of carbonyl (C=O) groups is 1. The lowest BCUT2D eigenvalue weighted by Crippen LogP contribution is -2.04. The predicted octanol–water partition coefficient (Wildman–Crippen LogP) is 3.19. The minimum atomic E-state index is -1.17. The minimum Gasteiger partial charge on any atom is -0.497 e. The van der Waals surface area contributed by atoms with Crippen molar-refractivity contribution < 1.29 is 14.6 Å². The van der Waals surface area contributed by atoms with Crippen molar-refractivity contribution in [1.29, 1.82) is 0 Å². The fraction of sp³-hybridized carbons (Fsp3) is 0.0769. The Labute approximate surface area is 114 Å². The van der Waals surface area contributed by atoms with Gasteiger partial charge >= 0.3 is 5.97 Å². The van der Waals surface area contributed by atoms with Crippen LogP contribution >= 0.6 is 11.6 Å². The summed E-state index contributed by atoms with van der Waals surface area (Å²) in [6, 6.07) is 10.3. The Bertz CT molecular complexity index is 617. The number of rotatable bonds is 4. The van der Waals surface area contributed by atoms with Gasteiger partial charge in [-0.15, -0.1) is 0 Å². The van der Waals surface area contributed by atoms with Gasteiger partial charge in [-0.25, -0.2) is 9.78 Å². The highest BCUT2D eigenvalue weighted by Gasteiger charge is 2.11. The molecule has 0 radical (unpaired) electrons. The quantitative estimate of drug-likeness (QED) is 0.899. The van der Waals surface area contributed by atoms with E-state index in [1.165, 1.54) is 6.07 Å². The molecule has 2 N–H and O–H groups in total. The van der Waals surface area contributed by atoms with Gasteiger partial charge in [-0.1, -0.05) is 17.7 Å². The lowest BCUT2D eigenvalue weighted by molar-refractivity contribution is 0.0691. The number of halogens is 1. The Morgan fingerprint density at radius 1 is 1.37 bits per heavy atom. The summed E-state index contributed by atoms with van der Waals surface area (Å²) >= 11 is 5.75. The largest absolute Gasteiger partial charge is 0.497 e. The molecule has 0 amide bonds. The Hall–Kier alpha value is -2.27. The standard InChI is InChI=1S/C13H11ClN2O3/c1-19-9-4-2-3-8(7-9)15-11-6-5-10(14)12(16-11)13(17)18/h2-7H,1H3,(H,15,16)(H,17,18). The van der Waals surface area contributed by atoms with Crippen molar-refractivity contribution in [2.45, 2.75) is 0 Å². The average molecular weight is 279 g/mol. The molecule has 0 aliphatic carbocycles. The lowest BCUT2D eigenvalue weighted by atomic mass is 10.3. The molecule has 0 bridgehead atoms. The van der Waals surface area contributed by atoms with Crippen LogP contribution in [0.2, 0.25) is 5.02 Å². The van der Waals surface area contributed by atoms with Crippen molar-refractivity contribution in [2.75, 3.05) is 12.4 Å². The van der Waals surface area contributed by atoms with Crippen LogP contribution < -0.4 is 10.1 Å². The van der Waals surface area contributed by atoms with Crippen LogP contribution in [0.15, 0.2) is 36.4 Å². The summed E-state index contributed by atoms with van der Waals surface area (Å²) in [7, 11) is 1.57. The van der Waals surface area contributed by atoms with E-state index in [0.29, 0.717) is 11.6 Å². The first-order chi connectivity index (χ1) is 9.10. The van der Waals surface area contributed by atoms with Crippen molar-refractivity contribution in [1.82, 2.24) is 4.98 Å². The number of anilines is 2. The number of aromatic nitrogens is 1. The molecule has 1 aromatic heterocycles. The fourth-order valence-corrected chi connectivity index (χ4v) is 1.70. The maximum absolute atomic E-state index is 10.9. The van der Waals surface area contributed by atoms with Gasteiger partial charge in [-0.05, 0) is 24.3 Å². The highest BCUT2D eigenvalue weighted by atomic mass is 35.5. The molecule has 0 saturated heterocycles. The maximum Gasteiger partial charge on any atom is 0.356 e. The second-order valence-corrected chi connectivity index (χ2v) is 4.10. The first-order valence-electron chi connectivity index (χ1n) is 5.41.